The molecule has 0 N–H and O–H groups in total. The van der Waals surface area contributed by atoms with Gasteiger partial charge in [-0.05, 0) is 65.7 Å². The number of aryl methyl sites for hydroxylation is 1. The summed E-state index contributed by atoms with van der Waals surface area (Å²) in [6, 6.07) is 41.1. The maximum absolute atomic E-state index is 5.03. The summed E-state index contributed by atoms with van der Waals surface area (Å²) in [6.45, 7) is 0. The van der Waals surface area contributed by atoms with Crippen LogP contribution >= 0.6 is 0 Å². The molecule has 4 heteroatoms. The predicted molar refractivity (Wildman–Crippen MR) is 149 cm³/mol. The van der Waals surface area contributed by atoms with E-state index in [1.54, 1.807) is 0 Å². The first-order valence-electron chi connectivity index (χ1n) is 12.2. The molecule has 0 aliphatic rings. The quantitative estimate of drug-likeness (QED) is 0.258. The van der Waals surface area contributed by atoms with Gasteiger partial charge in [0, 0.05) is 34.5 Å². The molecule has 0 saturated heterocycles. The molecule has 36 heavy (non-hydrogen) atoms. The van der Waals surface area contributed by atoms with E-state index < -0.39 is 0 Å². The van der Waals surface area contributed by atoms with Gasteiger partial charge in [-0.2, -0.15) is 0 Å². The smallest absolute Gasteiger partial charge is 0.220 e. The summed E-state index contributed by atoms with van der Waals surface area (Å²) in [5.74, 6) is 0.930. The number of imidazole rings is 2. The molecule has 8 rings (SSSR count). The largest absolute Gasteiger partial charge is 0.344 e. The van der Waals surface area contributed by atoms with Crippen LogP contribution in [0.3, 0.4) is 0 Å². The van der Waals surface area contributed by atoms with E-state index in [1.165, 1.54) is 32.9 Å². The van der Waals surface area contributed by atoms with E-state index in [0.29, 0.717) is 0 Å². The van der Waals surface area contributed by atoms with Gasteiger partial charge < -0.3 is 4.57 Å². The Morgan fingerprint density at radius 3 is 2.06 bits per heavy atom. The summed E-state index contributed by atoms with van der Waals surface area (Å²) >= 11 is 0. The second kappa shape index (κ2) is 7.09. The van der Waals surface area contributed by atoms with E-state index in [4.69, 9.17) is 4.98 Å². The lowest BCUT2D eigenvalue weighted by molar-refractivity contribution is 1.01. The van der Waals surface area contributed by atoms with Crippen LogP contribution in [-0.2, 0) is 7.05 Å². The minimum Gasteiger partial charge on any atom is -0.344 e. The van der Waals surface area contributed by atoms with Crippen molar-refractivity contribution in [2.24, 2.45) is 7.05 Å². The molecule has 4 nitrogen and oxygen atoms in total. The summed E-state index contributed by atoms with van der Waals surface area (Å²) < 4.78 is 6.82. The summed E-state index contributed by atoms with van der Waals surface area (Å²) in [7, 11) is 2.14. The fourth-order valence-corrected chi connectivity index (χ4v) is 5.76. The first-order valence-corrected chi connectivity index (χ1v) is 12.2. The van der Waals surface area contributed by atoms with Crippen molar-refractivity contribution >= 4 is 49.7 Å². The normalized spacial score (nSPS) is 12.0. The number of fused-ring (bicyclic) bond motifs is 8. The van der Waals surface area contributed by atoms with Crippen molar-refractivity contribution in [3.05, 3.63) is 115 Å². The van der Waals surface area contributed by atoms with Crippen molar-refractivity contribution in [2.45, 2.75) is 0 Å². The Bertz CT molecular complexity index is 2110. The second-order valence-corrected chi connectivity index (χ2v) is 9.42. The van der Waals surface area contributed by atoms with Crippen LogP contribution in [0.15, 0.2) is 115 Å². The Morgan fingerprint density at radius 1 is 0.528 bits per heavy atom. The van der Waals surface area contributed by atoms with Gasteiger partial charge in [0.25, 0.3) is 0 Å². The van der Waals surface area contributed by atoms with Gasteiger partial charge >= 0.3 is 0 Å². The van der Waals surface area contributed by atoms with Gasteiger partial charge in [-0.3, -0.25) is 8.97 Å². The molecular formula is C32H22N4. The second-order valence-electron chi connectivity index (χ2n) is 9.42. The van der Waals surface area contributed by atoms with Crippen LogP contribution in [0.5, 0.6) is 0 Å². The third-order valence-electron chi connectivity index (χ3n) is 7.46. The molecule has 0 atom stereocenters. The number of hydrogen-bond acceptors (Lipinski definition) is 1. The van der Waals surface area contributed by atoms with E-state index in [0.717, 1.165) is 33.5 Å². The molecule has 3 heterocycles. The topological polar surface area (TPSA) is 27.2 Å². The van der Waals surface area contributed by atoms with E-state index >= 15 is 0 Å². The third kappa shape index (κ3) is 2.56. The van der Waals surface area contributed by atoms with Gasteiger partial charge in [-0.15, -0.1) is 0 Å². The first kappa shape index (κ1) is 19.5. The summed E-state index contributed by atoms with van der Waals surface area (Å²) in [4.78, 5) is 5.03. The molecule has 0 aliphatic heterocycles. The van der Waals surface area contributed by atoms with Crippen LogP contribution in [0.4, 0.5) is 0 Å². The summed E-state index contributed by atoms with van der Waals surface area (Å²) in [6.07, 6.45) is 0. The van der Waals surface area contributed by atoms with Gasteiger partial charge in [0.2, 0.25) is 5.78 Å². The highest BCUT2D eigenvalue weighted by atomic mass is 15.2. The maximum atomic E-state index is 5.03. The molecule has 0 bridgehead atoms. The van der Waals surface area contributed by atoms with Crippen molar-refractivity contribution in [1.82, 2.24) is 18.5 Å². The maximum Gasteiger partial charge on any atom is 0.220 e. The first-order chi connectivity index (χ1) is 17.8. The lowest BCUT2D eigenvalue weighted by Crippen LogP contribution is -1.94. The molecule has 170 valence electrons. The van der Waals surface area contributed by atoms with Crippen LogP contribution in [0, 0.1) is 0 Å². The molecule has 0 radical (unpaired) electrons. The van der Waals surface area contributed by atoms with Crippen molar-refractivity contribution in [3.8, 4) is 16.8 Å². The molecule has 0 amide bonds. The highest BCUT2D eigenvalue weighted by molar-refractivity contribution is 6.09. The zero-order chi connectivity index (χ0) is 23.8. The van der Waals surface area contributed by atoms with Gasteiger partial charge in [-0.25, -0.2) is 4.98 Å². The van der Waals surface area contributed by atoms with E-state index in [1.807, 2.05) is 0 Å². The molecule has 0 spiro atoms. The number of hydrogen-bond donors (Lipinski definition) is 0. The molecule has 0 saturated carbocycles. The predicted octanol–water partition coefficient (Wildman–Crippen LogP) is 7.74. The number of para-hydroxylation sites is 4. The summed E-state index contributed by atoms with van der Waals surface area (Å²) in [5, 5.41) is 2.57. The van der Waals surface area contributed by atoms with Crippen LogP contribution in [-0.4, -0.2) is 18.5 Å². The standard InChI is InChI=1S/C32H22N4/c1-34-27-13-7-5-11-24(27)25-19-21(15-17-28(25)34)22-16-18-30-31(20-22)36-29-14-8-6-12-26(29)33-32(36)35(30)23-9-3-2-4-10-23/h2-20H,1H3. The zero-order valence-electron chi connectivity index (χ0n) is 19.8. The fraction of sp³-hybridized carbons (Fsp3) is 0.0312. The Hall–Kier alpha value is -4.83. The van der Waals surface area contributed by atoms with Crippen molar-refractivity contribution in [3.63, 3.8) is 0 Å². The lowest BCUT2D eigenvalue weighted by atomic mass is 10.0. The molecule has 0 fully saturated rings. The number of nitrogens with zero attached hydrogens (tertiary/aromatic N) is 4. The van der Waals surface area contributed by atoms with Crippen molar-refractivity contribution in [1.29, 1.82) is 0 Å². The minimum atomic E-state index is 0.930. The van der Waals surface area contributed by atoms with Crippen LogP contribution in [0.1, 0.15) is 0 Å². The fourth-order valence-electron chi connectivity index (χ4n) is 5.76. The number of benzene rings is 5. The van der Waals surface area contributed by atoms with Gasteiger partial charge in [-0.1, -0.05) is 60.7 Å². The van der Waals surface area contributed by atoms with E-state index in [2.05, 4.69) is 136 Å². The summed E-state index contributed by atoms with van der Waals surface area (Å²) in [5.41, 5.74) is 10.4. The van der Waals surface area contributed by atoms with Crippen LogP contribution in [0.2, 0.25) is 0 Å². The molecule has 3 aromatic heterocycles. The Kier molecular flexibility index (Phi) is 3.84. The molecular weight excluding hydrogens is 440 g/mol. The number of rotatable bonds is 2. The molecule has 0 aliphatic carbocycles. The van der Waals surface area contributed by atoms with Crippen molar-refractivity contribution in [2.75, 3.05) is 0 Å². The van der Waals surface area contributed by atoms with Crippen LogP contribution < -0.4 is 0 Å². The average molecular weight is 463 g/mol. The zero-order valence-corrected chi connectivity index (χ0v) is 19.8. The molecule has 5 aromatic carbocycles. The van der Waals surface area contributed by atoms with Crippen LogP contribution in [0.25, 0.3) is 66.5 Å². The Labute approximate surface area is 207 Å². The van der Waals surface area contributed by atoms with E-state index in [9.17, 15) is 0 Å². The highest BCUT2D eigenvalue weighted by Gasteiger charge is 2.18. The van der Waals surface area contributed by atoms with E-state index in [-0.39, 0.29) is 0 Å². The monoisotopic (exact) mass is 462 g/mol. The molecule has 8 aromatic rings. The van der Waals surface area contributed by atoms with Gasteiger partial charge in [0.05, 0.1) is 22.1 Å². The highest BCUT2D eigenvalue weighted by Crippen LogP contribution is 2.35. The lowest BCUT2D eigenvalue weighted by Gasteiger charge is -2.07. The van der Waals surface area contributed by atoms with Crippen molar-refractivity contribution < 1.29 is 0 Å². The number of aromatic nitrogens is 4. The molecule has 0 unspecified atom stereocenters. The Balaban J connectivity index is 1.44. The minimum absolute atomic E-state index is 0.930. The van der Waals surface area contributed by atoms with Gasteiger partial charge in [0.1, 0.15) is 0 Å². The Morgan fingerprint density at radius 2 is 1.19 bits per heavy atom. The SMILES string of the molecule is Cn1c2ccccc2c2cc(-c3ccc4c(c3)n3c5ccccc5nc3n4-c3ccccc3)ccc21. The van der Waals surface area contributed by atoms with Gasteiger partial charge in [0.15, 0.2) is 0 Å². The average Bonchev–Trinajstić information content (AvgIpc) is 3.56. The third-order valence-corrected chi connectivity index (χ3v) is 7.46.